The highest BCUT2D eigenvalue weighted by Gasteiger charge is 2.41. The van der Waals surface area contributed by atoms with Crippen molar-refractivity contribution in [3.63, 3.8) is 0 Å². The summed E-state index contributed by atoms with van der Waals surface area (Å²) in [7, 11) is 0. The van der Waals surface area contributed by atoms with Crippen LogP contribution in [-0.4, -0.2) is 34.5 Å². The fourth-order valence-electron chi connectivity index (χ4n) is 2.29. The molecule has 9 nitrogen and oxygen atoms in total. The van der Waals surface area contributed by atoms with E-state index in [9.17, 15) is 29.3 Å². The molecule has 9 heteroatoms. The molecule has 0 aromatic heterocycles. The van der Waals surface area contributed by atoms with E-state index in [4.69, 9.17) is 0 Å². The molecule has 0 spiro atoms. The molecule has 23 heavy (non-hydrogen) atoms. The van der Waals surface area contributed by atoms with Crippen molar-refractivity contribution >= 4 is 29.7 Å². The lowest BCUT2D eigenvalue weighted by Crippen LogP contribution is -2.61. The maximum atomic E-state index is 12.4. The van der Waals surface area contributed by atoms with E-state index in [0.29, 0.717) is 6.29 Å². The van der Waals surface area contributed by atoms with Gasteiger partial charge in [0.1, 0.15) is 11.1 Å². The van der Waals surface area contributed by atoms with Crippen molar-refractivity contribution in [2.45, 2.75) is 25.3 Å². The van der Waals surface area contributed by atoms with E-state index in [0.717, 1.165) is 6.07 Å². The lowest BCUT2D eigenvalue weighted by atomic mass is 9.90. The van der Waals surface area contributed by atoms with E-state index in [1.54, 1.807) is 0 Å². The van der Waals surface area contributed by atoms with Gasteiger partial charge in [-0.15, -0.1) is 0 Å². The Bertz CT molecular complexity index is 729. The maximum Gasteiger partial charge on any atom is 0.282 e. The SMILES string of the molecule is C[C@]1(NC(=O)c2c(C=O)cccc2[N+](=O)[O-])CCC(=O)NC1=O. The van der Waals surface area contributed by atoms with Gasteiger partial charge in [0.15, 0.2) is 6.29 Å². The number of benzene rings is 1. The first-order valence-corrected chi connectivity index (χ1v) is 6.68. The van der Waals surface area contributed by atoms with Gasteiger partial charge in [-0.1, -0.05) is 12.1 Å². The van der Waals surface area contributed by atoms with Crippen LogP contribution in [0.3, 0.4) is 0 Å². The summed E-state index contributed by atoms with van der Waals surface area (Å²) in [5, 5.41) is 15.5. The van der Waals surface area contributed by atoms with E-state index >= 15 is 0 Å². The van der Waals surface area contributed by atoms with E-state index in [1.807, 2.05) is 0 Å². The van der Waals surface area contributed by atoms with Gasteiger partial charge < -0.3 is 5.32 Å². The monoisotopic (exact) mass is 319 g/mol. The van der Waals surface area contributed by atoms with Crippen LogP contribution in [0.15, 0.2) is 18.2 Å². The van der Waals surface area contributed by atoms with Gasteiger partial charge in [0.05, 0.1) is 4.92 Å². The second-order valence-corrected chi connectivity index (χ2v) is 5.28. The molecule has 2 N–H and O–H groups in total. The fourth-order valence-corrected chi connectivity index (χ4v) is 2.29. The van der Waals surface area contributed by atoms with Gasteiger partial charge in [-0.25, -0.2) is 0 Å². The minimum atomic E-state index is -1.39. The third-order valence-electron chi connectivity index (χ3n) is 3.62. The standard InChI is InChI=1S/C14H13N3O6/c1-14(6-5-10(19)15-13(14)21)16-12(20)11-8(7-18)3-2-4-9(11)17(22)23/h2-4,7H,5-6H2,1H3,(H,16,20)(H,15,19,21)/t14-/m0/s1. The van der Waals surface area contributed by atoms with E-state index in [1.165, 1.54) is 19.1 Å². The van der Waals surface area contributed by atoms with Crippen molar-refractivity contribution in [3.05, 3.63) is 39.4 Å². The minimum absolute atomic E-state index is 0.0277. The summed E-state index contributed by atoms with van der Waals surface area (Å²) in [5.41, 5.74) is -2.51. The highest BCUT2D eigenvalue weighted by atomic mass is 16.6. The van der Waals surface area contributed by atoms with Crippen LogP contribution in [0.25, 0.3) is 0 Å². The summed E-state index contributed by atoms with van der Waals surface area (Å²) in [6.45, 7) is 1.40. The molecule has 3 amide bonds. The molecule has 120 valence electrons. The predicted molar refractivity (Wildman–Crippen MR) is 76.7 cm³/mol. The van der Waals surface area contributed by atoms with Gasteiger partial charge in [0.25, 0.3) is 17.5 Å². The number of nitro groups is 1. The van der Waals surface area contributed by atoms with E-state index in [-0.39, 0.29) is 18.4 Å². The Morgan fingerprint density at radius 3 is 2.70 bits per heavy atom. The predicted octanol–water partition coefficient (Wildman–Crippen LogP) is 0.332. The zero-order valence-corrected chi connectivity index (χ0v) is 12.1. The summed E-state index contributed by atoms with van der Waals surface area (Å²) < 4.78 is 0. The number of nitrogens with zero attached hydrogens (tertiary/aromatic N) is 1. The molecule has 0 aliphatic carbocycles. The summed E-state index contributed by atoms with van der Waals surface area (Å²) in [6, 6.07) is 3.64. The number of hydrogen-bond donors (Lipinski definition) is 2. The molecule has 1 aliphatic heterocycles. The van der Waals surface area contributed by atoms with Gasteiger partial charge in [0.2, 0.25) is 5.91 Å². The summed E-state index contributed by atoms with van der Waals surface area (Å²) >= 11 is 0. The molecule has 1 atom stereocenters. The molecule has 1 aromatic carbocycles. The number of hydrogen-bond acceptors (Lipinski definition) is 6. The molecule has 1 aromatic rings. The second kappa shape index (κ2) is 5.95. The summed E-state index contributed by atoms with van der Waals surface area (Å²) in [4.78, 5) is 56.8. The van der Waals surface area contributed by atoms with Crippen LogP contribution in [0.1, 0.15) is 40.5 Å². The Morgan fingerprint density at radius 1 is 1.43 bits per heavy atom. The lowest BCUT2D eigenvalue weighted by Gasteiger charge is -2.32. The number of aldehydes is 1. The Balaban J connectivity index is 2.38. The van der Waals surface area contributed by atoms with Crippen LogP contribution in [0, 0.1) is 10.1 Å². The second-order valence-electron chi connectivity index (χ2n) is 5.28. The third-order valence-corrected chi connectivity index (χ3v) is 3.62. The molecular weight excluding hydrogens is 306 g/mol. The van der Waals surface area contributed by atoms with Crippen molar-refractivity contribution in [3.8, 4) is 0 Å². The third kappa shape index (κ3) is 3.07. The maximum absolute atomic E-state index is 12.4. The zero-order valence-electron chi connectivity index (χ0n) is 12.1. The number of nitrogens with one attached hydrogen (secondary N) is 2. The molecule has 1 fully saturated rings. The highest BCUT2D eigenvalue weighted by molar-refractivity contribution is 6.09. The molecule has 0 unspecified atom stereocenters. The summed E-state index contributed by atoms with van der Waals surface area (Å²) in [6.07, 6.45) is 0.412. The molecule has 1 heterocycles. The number of amides is 3. The zero-order chi connectivity index (χ0) is 17.2. The molecule has 1 saturated heterocycles. The average molecular weight is 319 g/mol. The van der Waals surface area contributed by atoms with E-state index < -0.39 is 39.4 Å². The Labute approximate surface area is 130 Å². The van der Waals surface area contributed by atoms with Crippen LogP contribution >= 0.6 is 0 Å². The van der Waals surface area contributed by atoms with Gasteiger partial charge in [-0.3, -0.25) is 34.6 Å². The number of carbonyl (C=O) groups is 4. The van der Waals surface area contributed by atoms with Crippen LogP contribution in [0.4, 0.5) is 5.69 Å². The molecule has 0 saturated carbocycles. The molecular formula is C14H13N3O6. The number of rotatable bonds is 4. The smallest absolute Gasteiger partial charge is 0.282 e. The molecule has 0 bridgehead atoms. The lowest BCUT2D eigenvalue weighted by molar-refractivity contribution is -0.385. The van der Waals surface area contributed by atoms with Crippen molar-refractivity contribution in [2.75, 3.05) is 0 Å². The van der Waals surface area contributed by atoms with Gasteiger partial charge >= 0.3 is 0 Å². The normalized spacial score (nSPS) is 20.6. The Hall–Kier alpha value is -3.10. The van der Waals surface area contributed by atoms with Crippen molar-refractivity contribution in [1.29, 1.82) is 0 Å². The topological polar surface area (TPSA) is 135 Å². The number of piperidine rings is 1. The van der Waals surface area contributed by atoms with Crippen molar-refractivity contribution in [2.24, 2.45) is 0 Å². The summed E-state index contributed by atoms with van der Waals surface area (Å²) in [5.74, 6) is -2.08. The first-order chi connectivity index (χ1) is 10.8. The van der Waals surface area contributed by atoms with Crippen LogP contribution in [0.2, 0.25) is 0 Å². The van der Waals surface area contributed by atoms with Gasteiger partial charge in [-0.05, 0) is 13.3 Å². The van der Waals surface area contributed by atoms with Crippen LogP contribution in [-0.2, 0) is 9.59 Å². The Morgan fingerprint density at radius 2 is 2.13 bits per heavy atom. The number of carbonyl (C=O) groups excluding carboxylic acids is 4. The fraction of sp³-hybridized carbons (Fsp3) is 0.286. The average Bonchev–Trinajstić information content (AvgIpc) is 2.50. The van der Waals surface area contributed by atoms with Gasteiger partial charge in [0, 0.05) is 18.1 Å². The molecule has 1 aliphatic rings. The van der Waals surface area contributed by atoms with E-state index in [2.05, 4.69) is 10.6 Å². The number of nitro benzene ring substituents is 1. The van der Waals surface area contributed by atoms with Gasteiger partial charge in [-0.2, -0.15) is 0 Å². The van der Waals surface area contributed by atoms with Crippen molar-refractivity contribution in [1.82, 2.24) is 10.6 Å². The Kier molecular flexibility index (Phi) is 4.21. The molecule has 2 rings (SSSR count). The quantitative estimate of drug-likeness (QED) is 0.355. The van der Waals surface area contributed by atoms with Crippen LogP contribution < -0.4 is 10.6 Å². The van der Waals surface area contributed by atoms with Crippen LogP contribution in [0.5, 0.6) is 0 Å². The van der Waals surface area contributed by atoms with Crippen molar-refractivity contribution < 1.29 is 24.1 Å². The number of imide groups is 1. The largest absolute Gasteiger partial charge is 0.338 e. The minimum Gasteiger partial charge on any atom is -0.338 e. The first kappa shape index (κ1) is 16.3. The molecule has 0 radical (unpaired) electrons. The highest BCUT2D eigenvalue weighted by Crippen LogP contribution is 2.24. The first-order valence-electron chi connectivity index (χ1n) is 6.68.